The Kier molecular flexibility index (Phi) is 3.23. The number of hydrogen-bond donors (Lipinski definition) is 1. The molecule has 2 aromatic rings. The smallest absolute Gasteiger partial charge is 0.374 e. The van der Waals surface area contributed by atoms with Gasteiger partial charge in [-0.25, -0.2) is 9.78 Å². The van der Waals surface area contributed by atoms with E-state index in [9.17, 15) is 4.79 Å². The van der Waals surface area contributed by atoms with Crippen molar-refractivity contribution in [3.05, 3.63) is 41.9 Å². The molecule has 17 heavy (non-hydrogen) atoms. The van der Waals surface area contributed by atoms with Crippen LogP contribution in [-0.4, -0.2) is 22.5 Å². The van der Waals surface area contributed by atoms with E-state index in [0.29, 0.717) is 6.61 Å². The van der Waals surface area contributed by atoms with Gasteiger partial charge in [-0.3, -0.25) is 0 Å². The summed E-state index contributed by atoms with van der Waals surface area (Å²) >= 11 is 0. The third-order valence-corrected chi connectivity index (χ3v) is 2.41. The summed E-state index contributed by atoms with van der Waals surface area (Å²) in [5, 5.41) is 0. The fourth-order valence-corrected chi connectivity index (χ4v) is 1.50. The molecule has 1 aromatic carbocycles. The zero-order valence-electron chi connectivity index (χ0n) is 9.86. The zero-order chi connectivity index (χ0) is 12.3. The summed E-state index contributed by atoms with van der Waals surface area (Å²) in [7, 11) is 0. The van der Waals surface area contributed by atoms with Gasteiger partial charge in [-0.15, -0.1) is 0 Å². The largest absolute Gasteiger partial charge is 0.460 e. The number of nitrogens with one attached hydrogen (secondary N) is 1. The topological polar surface area (TPSA) is 55.0 Å². The number of benzene rings is 1. The molecule has 0 amide bonds. The number of aryl methyl sites for hydroxylation is 1. The standard InChI is InChI=1S/C13H14N2O2/c1-3-17-13(16)12-14-8-11(15-12)10-6-4-9(2)5-7-10/h4-8H,3H2,1-2H3,(H,14,15). The third kappa shape index (κ3) is 2.53. The van der Waals surface area contributed by atoms with E-state index in [1.54, 1.807) is 13.1 Å². The van der Waals surface area contributed by atoms with Crippen LogP contribution in [0.25, 0.3) is 11.3 Å². The second-order valence-corrected chi connectivity index (χ2v) is 3.73. The van der Waals surface area contributed by atoms with Crippen LogP contribution in [0.1, 0.15) is 23.1 Å². The van der Waals surface area contributed by atoms with Gasteiger partial charge in [0.25, 0.3) is 0 Å². The van der Waals surface area contributed by atoms with Crippen LogP contribution < -0.4 is 0 Å². The molecule has 4 heteroatoms. The van der Waals surface area contributed by atoms with E-state index in [-0.39, 0.29) is 5.82 Å². The number of nitrogens with zero attached hydrogens (tertiary/aromatic N) is 1. The lowest BCUT2D eigenvalue weighted by molar-refractivity contribution is 0.0513. The average molecular weight is 230 g/mol. The molecule has 0 unspecified atom stereocenters. The number of imidazole rings is 1. The highest BCUT2D eigenvalue weighted by atomic mass is 16.5. The van der Waals surface area contributed by atoms with Crippen LogP contribution in [-0.2, 0) is 4.74 Å². The van der Waals surface area contributed by atoms with Crippen molar-refractivity contribution in [2.45, 2.75) is 13.8 Å². The molecule has 0 saturated carbocycles. The highest BCUT2D eigenvalue weighted by Gasteiger charge is 2.11. The Balaban J connectivity index is 2.23. The van der Waals surface area contributed by atoms with Gasteiger partial charge in [0.2, 0.25) is 5.82 Å². The zero-order valence-corrected chi connectivity index (χ0v) is 9.86. The molecule has 0 saturated heterocycles. The summed E-state index contributed by atoms with van der Waals surface area (Å²) in [6, 6.07) is 8.00. The first kappa shape index (κ1) is 11.4. The lowest BCUT2D eigenvalue weighted by atomic mass is 10.1. The van der Waals surface area contributed by atoms with Crippen LogP contribution >= 0.6 is 0 Å². The molecule has 0 spiro atoms. The second kappa shape index (κ2) is 4.82. The Labute approximate surface area is 99.7 Å². The number of aromatic amines is 1. The number of hydrogen-bond acceptors (Lipinski definition) is 3. The number of aromatic nitrogens is 2. The van der Waals surface area contributed by atoms with Gasteiger partial charge in [0, 0.05) is 0 Å². The van der Waals surface area contributed by atoms with Crippen molar-refractivity contribution in [3.8, 4) is 11.3 Å². The number of carbonyl (C=O) groups is 1. The summed E-state index contributed by atoms with van der Waals surface area (Å²) in [6.07, 6.45) is 1.64. The van der Waals surface area contributed by atoms with Gasteiger partial charge in [-0.2, -0.15) is 0 Å². The Morgan fingerprint density at radius 2 is 2.06 bits per heavy atom. The summed E-state index contributed by atoms with van der Waals surface area (Å²) in [5.41, 5.74) is 3.01. The molecular formula is C13H14N2O2. The van der Waals surface area contributed by atoms with Crippen molar-refractivity contribution >= 4 is 5.97 Å². The average Bonchev–Trinajstić information content (AvgIpc) is 2.80. The third-order valence-electron chi connectivity index (χ3n) is 2.41. The lowest BCUT2D eigenvalue weighted by Gasteiger charge is -1.99. The van der Waals surface area contributed by atoms with Gasteiger partial charge in [0.15, 0.2) is 0 Å². The Bertz CT molecular complexity index is 514. The summed E-state index contributed by atoms with van der Waals surface area (Å²) in [4.78, 5) is 18.4. The van der Waals surface area contributed by atoms with Crippen LogP contribution in [0.15, 0.2) is 30.5 Å². The van der Waals surface area contributed by atoms with Crippen LogP contribution in [0.2, 0.25) is 0 Å². The van der Waals surface area contributed by atoms with Crippen molar-refractivity contribution in [1.82, 2.24) is 9.97 Å². The fourth-order valence-electron chi connectivity index (χ4n) is 1.50. The summed E-state index contributed by atoms with van der Waals surface area (Å²) in [6.45, 7) is 4.14. The van der Waals surface area contributed by atoms with Crippen molar-refractivity contribution in [2.24, 2.45) is 0 Å². The van der Waals surface area contributed by atoms with Crippen LogP contribution in [0.3, 0.4) is 0 Å². The molecule has 0 fully saturated rings. The Morgan fingerprint density at radius 3 is 2.71 bits per heavy atom. The molecule has 88 valence electrons. The van der Waals surface area contributed by atoms with E-state index < -0.39 is 5.97 Å². The maximum atomic E-state index is 11.4. The van der Waals surface area contributed by atoms with E-state index in [2.05, 4.69) is 9.97 Å². The highest BCUT2D eigenvalue weighted by Crippen LogP contribution is 2.17. The molecular weight excluding hydrogens is 216 g/mol. The van der Waals surface area contributed by atoms with Crippen molar-refractivity contribution in [1.29, 1.82) is 0 Å². The predicted octanol–water partition coefficient (Wildman–Crippen LogP) is 2.56. The van der Waals surface area contributed by atoms with E-state index in [1.165, 1.54) is 5.56 Å². The molecule has 4 nitrogen and oxygen atoms in total. The molecule has 2 rings (SSSR count). The lowest BCUT2D eigenvalue weighted by Crippen LogP contribution is -2.06. The van der Waals surface area contributed by atoms with E-state index in [4.69, 9.17) is 4.74 Å². The van der Waals surface area contributed by atoms with Crippen molar-refractivity contribution in [2.75, 3.05) is 6.61 Å². The summed E-state index contributed by atoms with van der Waals surface area (Å²) in [5.74, 6) is -0.187. The number of rotatable bonds is 3. The molecule has 1 aromatic heterocycles. The molecule has 1 heterocycles. The van der Waals surface area contributed by atoms with E-state index in [1.807, 2.05) is 31.2 Å². The normalized spacial score (nSPS) is 10.2. The van der Waals surface area contributed by atoms with Gasteiger partial charge in [0.05, 0.1) is 18.5 Å². The molecule has 0 atom stereocenters. The maximum absolute atomic E-state index is 11.4. The minimum Gasteiger partial charge on any atom is -0.460 e. The van der Waals surface area contributed by atoms with Gasteiger partial charge in [-0.1, -0.05) is 29.8 Å². The monoisotopic (exact) mass is 230 g/mol. The van der Waals surface area contributed by atoms with E-state index >= 15 is 0 Å². The first-order valence-corrected chi connectivity index (χ1v) is 5.50. The van der Waals surface area contributed by atoms with Crippen molar-refractivity contribution in [3.63, 3.8) is 0 Å². The number of esters is 1. The number of H-pyrrole nitrogens is 1. The molecule has 1 N–H and O–H groups in total. The van der Waals surface area contributed by atoms with E-state index in [0.717, 1.165) is 11.3 Å². The molecule has 0 aliphatic rings. The molecule has 0 bridgehead atoms. The minimum absolute atomic E-state index is 0.238. The quantitative estimate of drug-likeness (QED) is 0.824. The first-order valence-electron chi connectivity index (χ1n) is 5.50. The molecule has 0 aliphatic carbocycles. The predicted molar refractivity (Wildman–Crippen MR) is 64.7 cm³/mol. The van der Waals surface area contributed by atoms with Crippen LogP contribution in [0, 0.1) is 6.92 Å². The minimum atomic E-state index is -0.425. The SMILES string of the molecule is CCOC(=O)c1ncc(-c2ccc(C)cc2)[nH]1. The number of ether oxygens (including phenoxy) is 1. The molecule has 0 radical (unpaired) electrons. The Morgan fingerprint density at radius 1 is 1.35 bits per heavy atom. The fraction of sp³-hybridized carbons (Fsp3) is 0.231. The van der Waals surface area contributed by atoms with Crippen LogP contribution in [0.4, 0.5) is 0 Å². The Hall–Kier alpha value is -2.10. The first-order chi connectivity index (χ1) is 8.20. The van der Waals surface area contributed by atoms with Gasteiger partial charge in [0.1, 0.15) is 0 Å². The van der Waals surface area contributed by atoms with Gasteiger partial charge >= 0.3 is 5.97 Å². The second-order valence-electron chi connectivity index (χ2n) is 3.73. The highest BCUT2D eigenvalue weighted by molar-refractivity contribution is 5.86. The van der Waals surface area contributed by atoms with Crippen molar-refractivity contribution < 1.29 is 9.53 Å². The molecule has 0 aliphatic heterocycles. The van der Waals surface area contributed by atoms with Gasteiger partial charge in [-0.05, 0) is 19.4 Å². The summed E-state index contributed by atoms with van der Waals surface area (Å²) < 4.78 is 4.86. The maximum Gasteiger partial charge on any atom is 0.374 e. The van der Waals surface area contributed by atoms with Crippen LogP contribution in [0.5, 0.6) is 0 Å². The number of carbonyl (C=O) groups excluding carboxylic acids is 1. The van der Waals surface area contributed by atoms with Gasteiger partial charge < -0.3 is 9.72 Å².